The largest absolute Gasteiger partial charge is 0.356 e. The maximum absolute atomic E-state index is 4.75. The van der Waals surface area contributed by atoms with Gasteiger partial charge >= 0.3 is 0 Å². The van der Waals surface area contributed by atoms with Gasteiger partial charge in [-0.2, -0.15) is 5.10 Å². The second-order valence-corrected chi connectivity index (χ2v) is 6.70. The lowest BCUT2D eigenvalue weighted by Crippen LogP contribution is -2.38. The van der Waals surface area contributed by atoms with Crippen LogP contribution in [0.15, 0.2) is 22.6 Å². The summed E-state index contributed by atoms with van der Waals surface area (Å²) in [4.78, 5) is 11.4. The molecule has 0 aliphatic carbocycles. The van der Waals surface area contributed by atoms with Gasteiger partial charge < -0.3 is 15.5 Å². The van der Waals surface area contributed by atoms with Crippen molar-refractivity contribution >= 4 is 22.4 Å². The van der Waals surface area contributed by atoms with E-state index in [0.29, 0.717) is 6.54 Å². The van der Waals surface area contributed by atoms with E-state index in [9.17, 15) is 0 Å². The molecule has 1 saturated heterocycles. The van der Waals surface area contributed by atoms with Gasteiger partial charge in [-0.1, -0.05) is 0 Å². The molecule has 1 aliphatic heterocycles. The van der Waals surface area contributed by atoms with Crippen molar-refractivity contribution in [2.24, 2.45) is 12.0 Å². The summed E-state index contributed by atoms with van der Waals surface area (Å²) in [7, 11) is 3.72. The highest BCUT2D eigenvalue weighted by Crippen LogP contribution is 2.24. The molecule has 1 fully saturated rings. The Kier molecular flexibility index (Phi) is 5.68. The predicted octanol–water partition coefficient (Wildman–Crippen LogP) is 1.38. The monoisotopic (exact) mass is 347 g/mol. The van der Waals surface area contributed by atoms with Crippen LogP contribution in [-0.2, 0) is 20.0 Å². The van der Waals surface area contributed by atoms with Crippen molar-refractivity contribution in [3.05, 3.63) is 29.0 Å². The highest BCUT2D eigenvalue weighted by molar-refractivity contribution is 7.13. The number of guanidine groups is 1. The third-order valence-electron chi connectivity index (χ3n) is 4.17. The summed E-state index contributed by atoms with van der Waals surface area (Å²) in [6.07, 6.45) is 5.27. The van der Waals surface area contributed by atoms with Crippen LogP contribution in [0, 0.1) is 0 Å². The number of anilines is 1. The first-order valence-electron chi connectivity index (χ1n) is 8.37. The highest BCUT2D eigenvalue weighted by Gasteiger charge is 2.15. The molecule has 0 bridgehead atoms. The number of rotatable bonds is 6. The summed E-state index contributed by atoms with van der Waals surface area (Å²) < 4.78 is 1.86. The zero-order valence-corrected chi connectivity index (χ0v) is 15.1. The first kappa shape index (κ1) is 16.8. The van der Waals surface area contributed by atoms with Crippen molar-refractivity contribution in [2.75, 3.05) is 31.6 Å². The SMILES string of the molecule is CN=C(NCCc1csc(N2CCCC2)n1)NCc1ccnn1C. The third kappa shape index (κ3) is 4.25. The van der Waals surface area contributed by atoms with Crippen LogP contribution < -0.4 is 15.5 Å². The molecule has 8 heteroatoms. The van der Waals surface area contributed by atoms with Crippen molar-refractivity contribution < 1.29 is 0 Å². The van der Waals surface area contributed by atoms with Crippen LogP contribution >= 0.6 is 11.3 Å². The molecule has 0 spiro atoms. The molecule has 7 nitrogen and oxygen atoms in total. The highest BCUT2D eigenvalue weighted by atomic mass is 32.1. The van der Waals surface area contributed by atoms with Gasteiger partial charge in [-0.05, 0) is 18.9 Å². The van der Waals surface area contributed by atoms with E-state index in [1.807, 2.05) is 17.8 Å². The van der Waals surface area contributed by atoms with Crippen molar-refractivity contribution in [3.8, 4) is 0 Å². The van der Waals surface area contributed by atoms with Crippen LogP contribution in [0.3, 0.4) is 0 Å². The Balaban J connectivity index is 1.42. The van der Waals surface area contributed by atoms with Crippen LogP contribution in [0.1, 0.15) is 24.2 Å². The number of aryl methyl sites for hydroxylation is 1. The maximum Gasteiger partial charge on any atom is 0.191 e. The molecule has 130 valence electrons. The Hall–Kier alpha value is -2.09. The smallest absolute Gasteiger partial charge is 0.191 e. The predicted molar refractivity (Wildman–Crippen MR) is 98.7 cm³/mol. The molecule has 24 heavy (non-hydrogen) atoms. The van der Waals surface area contributed by atoms with Crippen molar-refractivity contribution in [3.63, 3.8) is 0 Å². The number of thiazole rings is 1. The van der Waals surface area contributed by atoms with Crippen molar-refractivity contribution in [2.45, 2.75) is 25.8 Å². The van der Waals surface area contributed by atoms with Gasteiger partial charge in [0.25, 0.3) is 0 Å². The fraction of sp³-hybridized carbons (Fsp3) is 0.562. The quantitative estimate of drug-likeness (QED) is 0.610. The van der Waals surface area contributed by atoms with E-state index in [1.54, 1.807) is 24.6 Å². The first-order valence-corrected chi connectivity index (χ1v) is 9.25. The Labute approximate surface area is 146 Å². The van der Waals surface area contributed by atoms with Crippen LogP contribution in [0.2, 0.25) is 0 Å². The van der Waals surface area contributed by atoms with Gasteiger partial charge in [-0.15, -0.1) is 11.3 Å². The minimum absolute atomic E-state index is 0.700. The second-order valence-electron chi connectivity index (χ2n) is 5.86. The molecule has 1 aliphatic rings. The average Bonchev–Trinajstić information content (AvgIpc) is 3.32. The number of nitrogens with one attached hydrogen (secondary N) is 2. The van der Waals surface area contributed by atoms with Gasteiger partial charge in [0.15, 0.2) is 11.1 Å². The van der Waals surface area contributed by atoms with Gasteiger partial charge in [0.05, 0.1) is 17.9 Å². The van der Waals surface area contributed by atoms with Crippen LogP contribution in [-0.4, -0.2) is 47.4 Å². The maximum atomic E-state index is 4.75. The summed E-state index contributed by atoms with van der Waals surface area (Å²) in [6, 6.07) is 2.00. The van der Waals surface area contributed by atoms with Gasteiger partial charge in [-0.3, -0.25) is 9.67 Å². The third-order valence-corrected chi connectivity index (χ3v) is 5.12. The van der Waals surface area contributed by atoms with Crippen LogP contribution in [0.4, 0.5) is 5.13 Å². The molecule has 0 saturated carbocycles. The van der Waals surface area contributed by atoms with E-state index < -0.39 is 0 Å². The van der Waals surface area contributed by atoms with Gasteiger partial charge in [0, 0.05) is 51.7 Å². The van der Waals surface area contributed by atoms with E-state index in [4.69, 9.17) is 4.98 Å². The number of hydrogen-bond acceptors (Lipinski definition) is 5. The molecular weight excluding hydrogens is 322 g/mol. The minimum Gasteiger partial charge on any atom is -0.356 e. The topological polar surface area (TPSA) is 70.4 Å². The summed E-state index contributed by atoms with van der Waals surface area (Å²) in [5, 5.41) is 14.1. The molecule has 3 heterocycles. The zero-order valence-electron chi connectivity index (χ0n) is 14.3. The normalized spacial score (nSPS) is 15.1. The molecule has 2 N–H and O–H groups in total. The summed E-state index contributed by atoms with van der Waals surface area (Å²) in [5.74, 6) is 0.797. The summed E-state index contributed by atoms with van der Waals surface area (Å²) >= 11 is 1.75. The van der Waals surface area contributed by atoms with Crippen LogP contribution in [0.5, 0.6) is 0 Å². The summed E-state index contributed by atoms with van der Waals surface area (Å²) in [5.41, 5.74) is 2.27. The van der Waals surface area contributed by atoms with E-state index in [1.165, 1.54) is 18.0 Å². The lowest BCUT2D eigenvalue weighted by molar-refractivity contribution is 0.683. The van der Waals surface area contributed by atoms with E-state index in [-0.39, 0.29) is 0 Å². The number of aromatic nitrogens is 3. The van der Waals surface area contributed by atoms with Crippen molar-refractivity contribution in [1.29, 1.82) is 0 Å². The molecule has 3 rings (SSSR count). The van der Waals surface area contributed by atoms with E-state index >= 15 is 0 Å². The molecule has 2 aromatic heterocycles. The zero-order chi connectivity index (χ0) is 16.8. The second kappa shape index (κ2) is 8.14. The molecular formula is C16H25N7S. The fourth-order valence-electron chi connectivity index (χ4n) is 2.74. The molecule has 2 aromatic rings. The first-order chi connectivity index (χ1) is 11.8. The van der Waals surface area contributed by atoms with E-state index in [2.05, 4.69) is 31.0 Å². The standard InChI is InChI=1S/C16H25N7S/c1-17-15(19-11-14-6-8-20-22(14)2)18-7-5-13-12-24-16(21-13)23-9-3-4-10-23/h6,8,12H,3-5,7,9-11H2,1-2H3,(H2,17,18,19). The molecule has 0 unspecified atom stereocenters. The number of nitrogens with zero attached hydrogens (tertiary/aromatic N) is 5. The average molecular weight is 347 g/mol. The van der Waals surface area contributed by atoms with Gasteiger partial charge in [0.2, 0.25) is 0 Å². The Morgan fingerprint density at radius 2 is 2.17 bits per heavy atom. The fourth-order valence-corrected chi connectivity index (χ4v) is 3.66. The molecule has 0 amide bonds. The Morgan fingerprint density at radius 3 is 2.88 bits per heavy atom. The van der Waals surface area contributed by atoms with Gasteiger partial charge in [-0.25, -0.2) is 4.98 Å². The Bertz CT molecular complexity index is 670. The lowest BCUT2D eigenvalue weighted by Gasteiger charge is -2.12. The molecule has 0 radical (unpaired) electrons. The summed E-state index contributed by atoms with van der Waals surface area (Å²) in [6.45, 7) is 3.81. The lowest BCUT2D eigenvalue weighted by atomic mass is 10.3. The Morgan fingerprint density at radius 1 is 1.33 bits per heavy atom. The van der Waals surface area contributed by atoms with Crippen molar-refractivity contribution in [1.82, 2.24) is 25.4 Å². The molecule has 0 atom stereocenters. The van der Waals surface area contributed by atoms with E-state index in [0.717, 1.165) is 43.4 Å². The van der Waals surface area contributed by atoms with Crippen LogP contribution in [0.25, 0.3) is 0 Å². The number of aliphatic imine (C=N–C) groups is 1. The van der Waals surface area contributed by atoms with Gasteiger partial charge in [0.1, 0.15) is 0 Å². The molecule has 0 aromatic carbocycles. The number of hydrogen-bond donors (Lipinski definition) is 2. The minimum atomic E-state index is 0.700.